The molecular formula is H6BNaO3Sr. The fourth-order valence-corrected chi connectivity index (χ4v) is 0. The first-order valence-electron chi connectivity index (χ1n) is 0.775. The maximum atomic E-state index is 7.17. The van der Waals surface area contributed by atoms with Crippen LogP contribution in [-0.4, -0.2) is 67.9 Å². The van der Waals surface area contributed by atoms with Gasteiger partial charge in [-0.2, -0.15) is 0 Å². The van der Waals surface area contributed by atoms with Crippen LogP contribution in [0.25, 0.3) is 0 Å². The van der Waals surface area contributed by atoms with Gasteiger partial charge in [0.25, 0.3) is 0 Å². The van der Waals surface area contributed by atoms with Gasteiger partial charge in [-0.05, 0) is 0 Å². The van der Waals surface area contributed by atoms with E-state index in [1.165, 1.54) is 0 Å². The van der Waals surface area contributed by atoms with Gasteiger partial charge in [0.2, 0.25) is 0 Å². The van der Waals surface area contributed by atoms with Gasteiger partial charge in [-0.3, -0.25) is 0 Å². The van der Waals surface area contributed by atoms with E-state index in [1.807, 2.05) is 0 Å². The summed E-state index contributed by atoms with van der Waals surface area (Å²) < 4.78 is 0. The van der Waals surface area contributed by atoms with Crippen molar-refractivity contribution in [1.29, 1.82) is 0 Å². The molecule has 6 heavy (non-hydrogen) atoms. The van der Waals surface area contributed by atoms with Crippen molar-refractivity contribution >= 4 is 52.8 Å². The molecule has 30 valence electrons. The Balaban J connectivity index is -0.00000000450. The molecule has 0 heterocycles. The Morgan fingerprint density at radius 1 is 1.17 bits per heavy atom. The van der Waals surface area contributed by atoms with Crippen LogP contribution in [0.15, 0.2) is 0 Å². The minimum absolute atomic E-state index is 0. The fraction of sp³-hybridized carbons (Fsp3) is 0. The van der Waals surface area contributed by atoms with E-state index in [9.17, 15) is 0 Å². The van der Waals surface area contributed by atoms with Crippen LogP contribution in [0.4, 0.5) is 0 Å². The molecule has 0 aromatic rings. The molecule has 0 spiro atoms. The topological polar surface area (TPSA) is 60.7 Å². The van der Waals surface area contributed by atoms with Crippen molar-refractivity contribution in [3.63, 3.8) is 0 Å². The Labute approximate surface area is 99.9 Å². The average Bonchev–Trinajstić information content (AvgIpc) is 0.811. The molecule has 0 aliphatic heterocycles. The predicted molar refractivity (Wildman–Crippen MR) is 21.5 cm³/mol. The number of hydrogen-bond acceptors (Lipinski definition) is 3. The summed E-state index contributed by atoms with van der Waals surface area (Å²) in [7, 11) is -2.17. The zero-order valence-corrected chi connectivity index (χ0v) is 9.10. The monoisotopic (exact) mass is 176 g/mol. The van der Waals surface area contributed by atoms with E-state index in [-0.39, 0.29) is 79.3 Å². The first kappa shape index (κ1) is 15.8. The average molecular weight is 175 g/mol. The molecule has 0 rings (SSSR count). The molecule has 0 aliphatic carbocycles. The molecule has 0 radical (unpaired) electrons. The Morgan fingerprint density at radius 2 is 1.17 bits per heavy atom. The van der Waals surface area contributed by atoms with Crippen LogP contribution in [0.3, 0.4) is 0 Å². The first-order chi connectivity index (χ1) is 1.73. The van der Waals surface area contributed by atoms with Gasteiger partial charge in [0.15, 0.2) is 0 Å². The summed E-state index contributed by atoms with van der Waals surface area (Å²) in [5, 5.41) is 21.5. The molecule has 3 nitrogen and oxygen atoms in total. The third kappa shape index (κ3) is 32.2. The SMILES string of the molecule is OB(O)O.[H-].[H-].[H-].[Na+].[Sr+2]. The van der Waals surface area contributed by atoms with Crippen LogP contribution in [0, 0.1) is 0 Å². The summed E-state index contributed by atoms with van der Waals surface area (Å²) in [5.41, 5.74) is 0. The molecule has 0 bridgehead atoms. The number of rotatable bonds is 0. The van der Waals surface area contributed by atoms with E-state index >= 15 is 0 Å². The predicted octanol–water partition coefficient (Wildman–Crippen LogP) is -5.09. The van der Waals surface area contributed by atoms with Crippen molar-refractivity contribution < 1.29 is 48.9 Å². The summed E-state index contributed by atoms with van der Waals surface area (Å²) in [6.45, 7) is 0. The first-order valence-corrected chi connectivity index (χ1v) is 0.775. The van der Waals surface area contributed by atoms with Gasteiger partial charge >= 0.3 is 82.4 Å². The summed E-state index contributed by atoms with van der Waals surface area (Å²) in [5.74, 6) is 0. The van der Waals surface area contributed by atoms with Crippen molar-refractivity contribution in [1.82, 2.24) is 0 Å². The Hall–Kier alpha value is 2.43. The van der Waals surface area contributed by atoms with E-state index in [0.717, 1.165) is 0 Å². The second kappa shape index (κ2) is 10.4. The number of hydrogen-bond donors (Lipinski definition) is 3. The molecular weight excluding hydrogens is 169 g/mol. The van der Waals surface area contributed by atoms with Gasteiger partial charge < -0.3 is 19.4 Å². The van der Waals surface area contributed by atoms with E-state index < -0.39 is 7.32 Å². The maximum Gasteiger partial charge on any atom is 2.00 e. The minimum Gasteiger partial charge on any atom is -1.00 e. The second-order valence-electron chi connectivity index (χ2n) is 0.346. The van der Waals surface area contributed by atoms with Crippen LogP contribution >= 0.6 is 0 Å². The van der Waals surface area contributed by atoms with Gasteiger partial charge in [0.05, 0.1) is 0 Å². The van der Waals surface area contributed by atoms with Gasteiger partial charge in [-0.1, -0.05) is 0 Å². The van der Waals surface area contributed by atoms with Crippen molar-refractivity contribution in [2.75, 3.05) is 0 Å². The maximum absolute atomic E-state index is 7.17. The zero-order chi connectivity index (χ0) is 3.58. The molecule has 0 aromatic heterocycles. The van der Waals surface area contributed by atoms with Crippen LogP contribution in [0.5, 0.6) is 0 Å². The normalized spacial score (nSPS) is 4.50. The van der Waals surface area contributed by atoms with E-state index in [2.05, 4.69) is 0 Å². The van der Waals surface area contributed by atoms with Gasteiger partial charge in [0, 0.05) is 0 Å². The zero-order valence-electron chi connectivity index (χ0n) is 6.63. The standard InChI is InChI=1S/BH3O3.Na.Sr.3H/c2-1(3)4;;;;;/h2-4H;;;;;/q;+1;+2;3*-1. The van der Waals surface area contributed by atoms with Gasteiger partial charge in [-0.15, -0.1) is 0 Å². The van der Waals surface area contributed by atoms with Gasteiger partial charge in [0.1, 0.15) is 0 Å². The third-order valence-electron chi connectivity index (χ3n) is 0. The summed E-state index contributed by atoms with van der Waals surface area (Å²) in [6.07, 6.45) is 0. The van der Waals surface area contributed by atoms with E-state index in [4.69, 9.17) is 15.1 Å². The molecule has 0 saturated carbocycles. The fourth-order valence-electron chi connectivity index (χ4n) is 0. The molecule has 0 amide bonds. The summed E-state index contributed by atoms with van der Waals surface area (Å²) in [6, 6.07) is 0. The second-order valence-corrected chi connectivity index (χ2v) is 0.346. The Kier molecular flexibility index (Phi) is 27.4. The summed E-state index contributed by atoms with van der Waals surface area (Å²) >= 11 is 0. The van der Waals surface area contributed by atoms with Crippen molar-refractivity contribution in [2.24, 2.45) is 0 Å². The third-order valence-corrected chi connectivity index (χ3v) is 0. The quantitative estimate of drug-likeness (QED) is 0.323. The molecule has 0 aliphatic rings. The van der Waals surface area contributed by atoms with Crippen molar-refractivity contribution in [3.8, 4) is 0 Å². The van der Waals surface area contributed by atoms with E-state index in [1.54, 1.807) is 0 Å². The minimum atomic E-state index is -2.17. The van der Waals surface area contributed by atoms with Gasteiger partial charge in [-0.25, -0.2) is 0 Å². The Bertz CT molecular complexity index is 23.8. The molecule has 0 atom stereocenters. The van der Waals surface area contributed by atoms with Crippen molar-refractivity contribution in [3.05, 3.63) is 0 Å². The smallest absolute Gasteiger partial charge is 1.00 e. The molecule has 6 heteroatoms. The summed E-state index contributed by atoms with van der Waals surface area (Å²) in [4.78, 5) is 0. The van der Waals surface area contributed by atoms with E-state index in [0.29, 0.717) is 0 Å². The molecule has 3 N–H and O–H groups in total. The van der Waals surface area contributed by atoms with Crippen LogP contribution in [-0.2, 0) is 0 Å². The largest absolute Gasteiger partial charge is 2.00 e. The van der Waals surface area contributed by atoms with Crippen molar-refractivity contribution in [2.45, 2.75) is 0 Å². The molecule has 0 aromatic carbocycles. The van der Waals surface area contributed by atoms with Crippen LogP contribution < -0.4 is 29.6 Å². The van der Waals surface area contributed by atoms with Crippen LogP contribution in [0.2, 0.25) is 0 Å². The van der Waals surface area contributed by atoms with Crippen LogP contribution in [0.1, 0.15) is 4.28 Å². The molecule has 0 saturated heterocycles. The molecule has 0 unspecified atom stereocenters. The molecule has 0 fully saturated rings. The Morgan fingerprint density at radius 3 is 1.17 bits per heavy atom.